The van der Waals surface area contributed by atoms with E-state index in [4.69, 9.17) is 29.6 Å². The van der Waals surface area contributed by atoms with Gasteiger partial charge in [0.05, 0.1) is 22.5 Å². The number of benzene rings is 1. The molecule has 0 N–H and O–H groups in total. The summed E-state index contributed by atoms with van der Waals surface area (Å²) in [6.45, 7) is 9.04. The Bertz CT molecular complexity index is 1750. The van der Waals surface area contributed by atoms with Crippen LogP contribution in [0.2, 0.25) is 0 Å². The summed E-state index contributed by atoms with van der Waals surface area (Å²) in [6, 6.07) is 14.2. The Morgan fingerprint density at radius 1 is 1.09 bits per heavy atom. The van der Waals surface area contributed by atoms with Crippen LogP contribution in [0, 0.1) is 6.92 Å². The van der Waals surface area contributed by atoms with E-state index in [2.05, 4.69) is 17.0 Å². The molecule has 11 nitrogen and oxygen atoms in total. The molecule has 0 saturated carbocycles. The summed E-state index contributed by atoms with van der Waals surface area (Å²) in [5.74, 6) is 1.57. The summed E-state index contributed by atoms with van der Waals surface area (Å²) in [5.41, 5.74) is 4.66. The molecular weight excluding hydrogens is 576 g/mol. The highest BCUT2D eigenvalue weighted by molar-refractivity contribution is 7.19. The molecule has 6 heterocycles. The standard InChI is InChI=1S/C32H36N8O3S/c1-22-28(26-20-25(11-12-39(26)35-22)42-19-17-37-13-15-38(16-14-37)23(2)41)32-34-29(24-8-4-3-5-9-24)30(44-32)31-33-21-40(36-31)27-10-6-7-18-43-27/h3-5,8-9,11-12,20-21,27H,6-7,10,13-19H2,1-2H3. The van der Waals surface area contributed by atoms with Gasteiger partial charge in [0.1, 0.15) is 28.6 Å². The Hall–Kier alpha value is -4.13. The number of carbonyl (C=O) groups is 1. The first kappa shape index (κ1) is 28.6. The number of carbonyl (C=O) groups excluding carboxylic acids is 1. The summed E-state index contributed by atoms with van der Waals surface area (Å²) >= 11 is 1.58. The first-order chi connectivity index (χ1) is 21.5. The van der Waals surface area contributed by atoms with Crippen LogP contribution in [0.4, 0.5) is 0 Å². The van der Waals surface area contributed by atoms with Gasteiger partial charge in [-0.05, 0) is 32.3 Å². The molecule has 1 atom stereocenters. The smallest absolute Gasteiger partial charge is 0.219 e. The minimum Gasteiger partial charge on any atom is -0.492 e. The van der Waals surface area contributed by atoms with Gasteiger partial charge in [-0.3, -0.25) is 9.69 Å². The third-order valence-corrected chi connectivity index (χ3v) is 9.39. The van der Waals surface area contributed by atoms with Gasteiger partial charge >= 0.3 is 0 Å². The molecule has 44 heavy (non-hydrogen) atoms. The van der Waals surface area contributed by atoms with Gasteiger partial charge in [0.2, 0.25) is 5.91 Å². The van der Waals surface area contributed by atoms with Gasteiger partial charge in [-0.15, -0.1) is 16.4 Å². The van der Waals surface area contributed by atoms with Gasteiger partial charge in [0, 0.05) is 64.1 Å². The number of rotatable bonds is 8. The first-order valence-electron chi connectivity index (χ1n) is 15.2. The molecule has 5 aromatic rings. The Balaban J connectivity index is 1.16. The molecule has 1 aromatic carbocycles. The third kappa shape index (κ3) is 5.84. The van der Waals surface area contributed by atoms with Gasteiger partial charge < -0.3 is 14.4 Å². The predicted molar refractivity (Wildman–Crippen MR) is 169 cm³/mol. The van der Waals surface area contributed by atoms with Crippen molar-refractivity contribution in [3.05, 3.63) is 60.7 Å². The second-order valence-corrected chi connectivity index (χ2v) is 12.3. The molecule has 1 amide bonds. The molecule has 7 rings (SSSR count). The topological polar surface area (TPSA) is 103 Å². The average molecular weight is 613 g/mol. The van der Waals surface area contributed by atoms with Crippen molar-refractivity contribution < 1.29 is 14.3 Å². The molecule has 0 radical (unpaired) electrons. The summed E-state index contributed by atoms with van der Waals surface area (Å²) in [5, 5.41) is 10.5. The van der Waals surface area contributed by atoms with Crippen molar-refractivity contribution in [2.24, 2.45) is 0 Å². The van der Waals surface area contributed by atoms with Crippen molar-refractivity contribution in [1.82, 2.24) is 39.2 Å². The summed E-state index contributed by atoms with van der Waals surface area (Å²) in [7, 11) is 0. The Kier molecular flexibility index (Phi) is 8.11. The maximum absolute atomic E-state index is 11.6. The average Bonchev–Trinajstić information content (AvgIpc) is 3.79. The number of thiazole rings is 1. The molecule has 2 saturated heterocycles. The van der Waals surface area contributed by atoms with Crippen LogP contribution < -0.4 is 4.74 Å². The van der Waals surface area contributed by atoms with Crippen molar-refractivity contribution in [3.63, 3.8) is 0 Å². The zero-order chi connectivity index (χ0) is 30.0. The van der Waals surface area contributed by atoms with E-state index in [9.17, 15) is 4.79 Å². The lowest BCUT2D eigenvalue weighted by Crippen LogP contribution is -2.48. The van der Waals surface area contributed by atoms with Gasteiger partial charge in [0.25, 0.3) is 0 Å². The number of ether oxygens (including phenoxy) is 2. The zero-order valence-corrected chi connectivity index (χ0v) is 25.9. The maximum atomic E-state index is 11.6. The number of aryl methyl sites for hydroxylation is 1. The van der Waals surface area contributed by atoms with Crippen LogP contribution in [-0.4, -0.2) is 91.0 Å². The van der Waals surface area contributed by atoms with Gasteiger partial charge in [-0.2, -0.15) is 5.10 Å². The second-order valence-electron chi connectivity index (χ2n) is 11.3. The van der Waals surface area contributed by atoms with E-state index in [1.807, 2.05) is 57.5 Å². The number of hydrogen-bond acceptors (Lipinski definition) is 9. The monoisotopic (exact) mass is 612 g/mol. The molecule has 1 unspecified atom stereocenters. The molecule has 0 bridgehead atoms. The number of amides is 1. The lowest BCUT2D eigenvalue weighted by atomic mass is 10.1. The number of piperazine rings is 1. The van der Waals surface area contributed by atoms with E-state index in [-0.39, 0.29) is 12.1 Å². The summed E-state index contributed by atoms with van der Waals surface area (Å²) in [4.78, 5) is 26.7. The van der Waals surface area contributed by atoms with Gasteiger partial charge in [-0.1, -0.05) is 30.3 Å². The minimum absolute atomic E-state index is 0.0806. The minimum atomic E-state index is -0.0806. The molecule has 2 aliphatic heterocycles. The van der Waals surface area contributed by atoms with Crippen molar-refractivity contribution in [2.45, 2.75) is 39.3 Å². The molecule has 228 valence electrons. The van der Waals surface area contributed by atoms with Crippen LogP contribution in [0.1, 0.15) is 38.1 Å². The number of pyridine rings is 1. The lowest BCUT2D eigenvalue weighted by Gasteiger charge is -2.34. The van der Waals surface area contributed by atoms with Crippen LogP contribution in [0.3, 0.4) is 0 Å². The Labute approximate surface area is 260 Å². The normalized spacial score (nSPS) is 17.8. The van der Waals surface area contributed by atoms with E-state index < -0.39 is 0 Å². The van der Waals surface area contributed by atoms with Crippen molar-refractivity contribution in [1.29, 1.82) is 0 Å². The Morgan fingerprint density at radius 3 is 2.70 bits per heavy atom. The first-order valence-corrected chi connectivity index (χ1v) is 16.0. The molecule has 2 aliphatic rings. The number of fused-ring (bicyclic) bond motifs is 1. The summed E-state index contributed by atoms with van der Waals surface area (Å²) < 4.78 is 15.9. The van der Waals surface area contributed by atoms with Crippen molar-refractivity contribution >= 4 is 22.8 Å². The molecule has 0 aliphatic carbocycles. The van der Waals surface area contributed by atoms with E-state index in [1.165, 1.54) is 0 Å². The molecule has 4 aromatic heterocycles. The highest BCUT2D eigenvalue weighted by Gasteiger charge is 2.25. The predicted octanol–water partition coefficient (Wildman–Crippen LogP) is 4.93. The van der Waals surface area contributed by atoms with E-state index >= 15 is 0 Å². The molecule has 12 heteroatoms. The molecule has 2 fully saturated rings. The van der Waals surface area contributed by atoms with Crippen LogP contribution in [0.25, 0.3) is 38.0 Å². The number of hydrogen-bond donors (Lipinski definition) is 0. The molecular formula is C32H36N8O3S. The molecule has 0 spiro atoms. The fourth-order valence-electron chi connectivity index (χ4n) is 5.90. The van der Waals surface area contributed by atoms with Crippen LogP contribution in [0.5, 0.6) is 5.75 Å². The number of aromatic nitrogens is 6. The van der Waals surface area contributed by atoms with Crippen molar-refractivity contribution in [3.8, 4) is 38.3 Å². The highest BCUT2D eigenvalue weighted by atomic mass is 32.1. The van der Waals surface area contributed by atoms with Gasteiger partial charge in [-0.25, -0.2) is 19.2 Å². The third-order valence-electron chi connectivity index (χ3n) is 8.33. The number of nitrogens with zero attached hydrogens (tertiary/aromatic N) is 8. The SMILES string of the molecule is CC(=O)N1CCN(CCOc2ccn3nc(C)c(-c4nc(-c5ccccc5)c(-c5ncn(C6CCCCO6)n5)s4)c3c2)CC1. The highest BCUT2D eigenvalue weighted by Crippen LogP contribution is 2.42. The Morgan fingerprint density at radius 2 is 1.93 bits per heavy atom. The van der Waals surface area contributed by atoms with E-state index in [0.29, 0.717) is 12.4 Å². The fraction of sp³-hybridized carbons (Fsp3) is 0.406. The summed E-state index contributed by atoms with van der Waals surface area (Å²) in [6.07, 6.45) is 6.77. The van der Waals surface area contributed by atoms with Crippen LogP contribution >= 0.6 is 11.3 Å². The van der Waals surface area contributed by atoms with Crippen LogP contribution in [-0.2, 0) is 9.53 Å². The largest absolute Gasteiger partial charge is 0.492 e. The second kappa shape index (κ2) is 12.5. The maximum Gasteiger partial charge on any atom is 0.219 e. The van der Waals surface area contributed by atoms with E-state index in [0.717, 1.165) is 102 Å². The fourth-order valence-corrected chi connectivity index (χ4v) is 7.03. The lowest BCUT2D eigenvalue weighted by molar-refractivity contribution is -0.130. The van der Waals surface area contributed by atoms with Crippen molar-refractivity contribution in [2.75, 3.05) is 45.9 Å². The van der Waals surface area contributed by atoms with Crippen LogP contribution in [0.15, 0.2) is 55.0 Å². The quantitative estimate of drug-likeness (QED) is 0.243. The zero-order valence-electron chi connectivity index (χ0n) is 25.1. The van der Waals surface area contributed by atoms with Gasteiger partial charge in [0.15, 0.2) is 12.1 Å². The van der Waals surface area contributed by atoms with E-state index in [1.54, 1.807) is 24.6 Å².